The summed E-state index contributed by atoms with van der Waals surface area (Å²) in [5.74, 6) is -3.42. The Kier molecular flexibility index (Phi) is 6.41. The molecule has 4 aliphatic rings. The molecule has 2 aromatic carbocycles. The first-order valence-electron chi connectivity index (χ1n) is 13.4. The van der Waals surface area contributed by atoms with E-state index in [0.717, 1.165) is 11.1 Å². The number of benzene rings is 2. The average molecular weight is 574 g/mol. The number of allylic oxidation sites excluding steroid dienone is 6. The summed E-state index contributed by atoms with van der Waals surface area (Å²) >= 11 is 6.34. The maximum atomic E-state index is 14.1. The number of anilines is 1. The van der Waals surface area contributed by atoms with E-state index < -0.39 is 23.7 Å². The Labute approximate surface area is 241 Å². The molecule has 0 bridgehead atoms. The molecule has 0 spiro atoms. The number of hydrogen-bond acceptors (Lipinski definition) is 7. The van der Waals surface area contributed by atoms with Crippen LogP contribution in [0.5, 0.6) is 17.2 Å². The predicted octanol–water partition coefficient (Wildman–Crippen LogP) is 5.01. The second-order valence-electron chi connectivity index (χ2n) is 10.9. The standard InChI is InChI=1S/C32H28ClNO7/c1-14-5-6-16(10-22(14)33)34-31(38)19-8-7-18-20(26(19)32(34)39)13-21-23(36)9-15(2)30(37)28(21)27(18)29-24(40-3)11-17(35)12-25(29)41-4/h5-7,9-12,19-20,26-27,35H,8,13H2,1-4H3. The Morgan fingerprint density at radius 3 is 2.27 bits per heavy atom. The van der Waals surface area contributed by atoms with E-state index in [-0.39, 0.29) is 53.5 Å². The van der Waals surface area contributed by atoms with Crippen molar-refractivity contribution in [3.05, 3.63) is 80.9 Å². The van der Waals surface area contributed by atoms with Crippen molar-refractivity contribution < 1.29 is 33.8 Å². The van der Waals surface area contributed by atoms with Gasteiger partial charge in [-0.1, -0.05) is 29.3 Å². The van der Waals surface area contributed by atoms with Crippen LogP contribution in [0.3, 0.4) is 0 Å². The van der Waals surface area contributed by atoms with Crippen LogP contribution in [0.4, 0.5) is 5.69 Å². The van der Waals surface area contributed by atoms with E-state index in [2.05, 4.69) is 0 Å². The zero-order chi connectivity index (χ0) is 29.3. The highest BCUT2D eigenvalue weighted by Gasteiger charge is 2.57. The van der Waals surface area contributed by atoms with Crippen molar-refractivity contribution in [2.45, 2.75) is 32.6 Å². The molecule has 1 heterocycles. The van der Waals surface area contributed by atoms with E-state index in [1.807, 2.05) is 13.0 Å². The summed E-state index contributed by atoms with van der Waals surface area (Å²) < 4.78 is 11.3. The SMILES string of the molecule is COc1cc(O)cc(OC)c1C1C2=CCC3C(=O)N(c4ccc(C)c(Cl)c4)C(=O)C3C2CC2=C1C(=O)C(C)=CC2=O. The van der Waals surface area contributed by atoms with Gasteiger partial charge in [0.1, 0.15) is 17.2 Å². The second kappa shape index (κ2) is 9.73. The van der Waals surface area contributed by atoms with Gasteiger partial charge in [0.2, 0.25) is 11.8 Å². The van der Waals surface area contributed by atoms with Crippen molar-refractivity contribution in [2.75, 3.05) is 19.1 Å². The van der Waals surface area contributed by atoms with Gasteiger partial charge < -0.3 is 14.6 Å². The van der Waals surface area contributed by atoms with Gasteiger partial charge in [-0.25, -0.2) is 4.90 Å². The van der Waals surface area contributed by atoms with Crippen LogP contribution in [0.25, 0.3) is 0 Å². The smallest absolute Gasteiger partial charge is 0.238 e. The minimum absolute atomic E-state index is 0.0900. The maximum Gasteiger partial charge on any atom is 0.238 e. The number of aromatic hydroxyl groups is 1. The number of hydrogen-bond donors (Lipinski definition) is 1. The van der Waals surface area contributed by atoms with Gasteiger partial charge in [0.05, 0.1) is 31.7 Å². The molecule has 8 nitrogen and oxygen atoms in total. The summed E-state index contributed by atoms with van der Waals surface area (Å²) in [7, 11) is 2.89. The van der Waals surface area contributed by atoms with Crippen LogP contribution in [0.2, 0.25) is 5.02 Å². The fourth-order valence-corrected chi connectivity index (χ4v) is 7.05. The lowest BCUT2D eigenvalue weighted by Crippen LogP contribution is -2.40. The molecule has 1 N–H and O–H groups in total. The number of ether oxygens (including phenoxy) is 2. The van der Waals surface area contributed by atoms with Crippen molar-refractivity contribution in [2.24, 2.45) is 17.8 Å². The monoisotopic (exact) mass is 573 g/mol. The lowest BCUT2D eigenvalue weighted by Gasteiger charge is -2.42. The van der Waals surface area contributed by atoms with Gasteiger partial charge in [-0.05, 0) is 56.4 Å². The molecule has 3 aliphatic carbocycles. The van der Waals surface area contributed by atoms with Gasteiger partial charge in [-0.2, -0.15) is 0 Å². The summed E-state index contributed by atoms with van der Waals surface area (Å²) in [5, 5.41) is 10.8. The summed E-state index contributed by atoms with van der Waals surface area (Å²) in [5.41, 5.74) is 3.42. The fourth-order valence-electron chi connectivity index (χ4n) is 6.88. The molecule has 0 aromatic heterocycles. The van der Waals surface area contributed by atoms with Crippen LogP contribution in [0, 0.1) is 24.7 Å². The molecule has 41 heavy (non-hydrogen) atoms. The van der Waals surface area contributed by atoms with Crippen molar-refractivity contribution in [3.63, 3.8) is 0 Å². The van der Waals surface area contributed by atoms with Gasteiger partial charge >= 0.3 is 0 Å². The van der Waals surface area contributed by atoms with Crippen LogP contribution in [-0.4, -0.2) is 42.7 Å². The second-order valence-corrected chi connectivity index (χ2v) is 11.3. The Hall–Kier alpha value is -4.17. The van der Waals surface area contributed by atoms with Gasteiger partial charge in [-0.3, -0.25) is 19.2 Å². The normalized spacial score (nSPS) is 25.4. The Morgan fingerprint density at radius 2 is 1.63 bits per heavy atom. The highest BCUT2D eigenvalue weighted by molar-refractivity contribution is 6.32. The van der Waals surface area contributed by atoms with E-state index in [4.69, 9.17) is 21.1 Å². The molecule has 9 heteroatoms. The highest BCUT2D eigenvalue weighted by atomic mass is 35.5. The molecule has 1 aliphatic heterocycles. The van der Waals surface area contributed by atoms with Crippen molar-refractivity contribution in [1.82, 2.24) is 0 Å². The summed E-state index contributed by atoms with van der Waals surface area (Å²) in [6, 6.07) is 7.95. The Morgan fingerprint density at radius 1 is 0.951 bits per heavy atom. The molecular weight excluding hydrogens is 546 g/mol. The number of carbonyl (C=O) groups excluding carboxylic acids is 4. The highest BCUT2D eigenvalue weighted by Crippen LogP contribution is 2.58. The maximum absolute atomic E-state index is 14.1. The first-order valence-corrected chi connectivity index (χ1v) is 13.7. The van der Waals surface area contributed by atoms with Gasteiger partial charge in [0.15, 0.2) is 11.6 Å². The number of nitrogens with zero attached hydrogens (tertiary/aromatic N) is 1. The topological polar surface area (TPSA) is 110 Å². The van der Waals surface area contributed by atoms with Crippen molar-refractivity contribution in [1.29, 1.82) is 0 Å². The number of Topliss-reactive ketones (excluding diaryl/α,β-unsaturated/α-hetero) is 1. The number of amides is 2. The lowest BCUT2D eigenvalue weighted by molar-refractivity contribution is -0.123. The van der Waals surface area contributed by atoms with Gasteiger partial charge in [0, 0.05) is 45.4 Å². The van der Waals surface area contributed by atoms with E-state index in [1.54, 1.807) is 25.1 Å². The molecule has 6 rings (SSSR count). The Balaban J connectivity index is 1.54. The van der Waals surface area contributed by atoms with E-state index in [0.29, 0.717) is 33.0 Å². The molecule has 4 unspecified atom stereocenters. The largest absolute Gasteiger partial charge is 0.508 e. The number of carbonyl (C=O) groups is 4. The molecule has 2 amide bonds. The number of ketones is 2. The van der Waals surface area contributed by atoms with Crippen LogP contribution in [0.15, 0.2) is 64.8 Å². The van der Waals surface area contributed by atoms with Gasteiger partial charge in [-0.15, -0.1) is 0 Å². The summed E-state index contributed by atoms with van der Waals surface area (Å²) in [6.07, 6.45) is 3.70. The third-order valence-corrected chi connectivity index (χ3v) is 9.20. The third kappa shape index (κ3) is 3.95. The van der Waals surface area contributed by atoms with Crippen LogP contribution >= 0.6 is 11.6 Å². The van der Waals surface area contributed by atoms with E-state index >= 15 is 0 Å². The van der Waals surface area contributed by atoms with Gasteiger partial charge in [0.25, 0.3) is 0 Å². The number of aryl methyl sites for hydroxylation is 1. The molecule has 210 valence electrons. The average Bonchev–Trinajstić information content (AvgIpc) is 3.21. The number of rotatable bonds is 4. The number of methoxy groups -OCH3 is 2. The number of imide groups is 1. The molecule has 0 saturated carbocycles. The summed E-state index contributed by atoms with van der Waals surface area (Å²) in [6.45, 7) is 3.45. The van der Waals surface area contributed by atoms with Crippen molar-refractivity contribution in [3.8, 4) is 17.2 Å². The van der Waals surface area contributed by atoms with Crippen molar-refractivity contribution >= 4 is 40.7 Å². The molecule has 0 radical (unpaired) electrons. The molecule has 1 saturated heterocycles. The minimum Gasteiger partial charge on any atom is -0.508 e. The van der Waals surface area contributed by atoms with Crippen LogP contribution in [0.1, 0.15) is 36.8 Å². The van der Waals surface area contributed by atoms with Crippen LogP contribution < -0.4 is 14.4 Å². The molecular formula is C32H28ClNO7. The molecule has 1 fully saturated rings. The molecule has 4 atom stereocenters. The molecule has 2 aromatic rings. The fraction of sp³-hybridized carbons (Fsp3) is 0.312. The minimum atomic E-state index is -0.777. The van der Waals surface area contributed by atoms with Crippen LogP contribution in [-0.2, 0) is 19.2 Å². The Bertz CT molecular complexity index is 1640. The summed E-state index contributed by atoms with van der Waals surface area (Å²) in [4.78, 5) is 56.0. The first-order chi connectivity index (χ1) is 19.6. The number of phenols is 1. The first kappa shape index (κ1) is 27.0. The number of fused-ring (bicyclic) bond motifs is 3. The van der Waals surface area contributed by atoms with E-state index in [9.17, 15) is 24.3 Å². The predicted molar refractivity (Wildman–Crippen MR) is 151 cm³/mol. The quantitative estimate of drug-likeness (QED) is 0.311. The number of phenolic OH excluding ortho intramolecular Hbond substituents is 1. The zero-order valence-corrected chi connectivity index (χ0v) is 23.7. The van der Waals surface area contributed by atoms with E-state index in [1.165, 1.54) is 37.3 Å². The lowest BCUT2D eigenvalue weighted by atomic mass is 9.59. The number of halogens is 1. The third-order valence-electron chi connectivity index (χ3n) is 8.80. The zero-order valence-electron chi connectivity index (χ0n) is 23.0.